The largest absolute Gasteiger partial charge is 0.480 e. The Morgan fingerprint density at radius 2 is 1.00 bits per heavy atom. The highest BCUT2D eigenvalue weighted by Gasteiger charge is 2.33. The molecule has 22 heteroatoms. The summed E-state index contributed by atoms with van der Waals surface area (Å²) in [6.45, 7) is 8.84. The number of nitrogens with two attached hydrogens (primary N) is 5. The second-order valence-electron chi connectivity index (χ2n) is 13.5. The van der Waals surface area contributed by atoms with Gasteiger partial charge in [0.1, 0.15) is 36.3 Å². The number of carbonyl (C=O) groups excluding carboxylic acids is 6. The normalized spacial score (nSPS) is 14.9. The Kier molecular flexibility index (Phi) is 22.5. The summed E-state index contributed by atoms with van der Waals surface area (Å²) in [5.74, 6) is -6.83. The summed E-state index contributed by atoms with van der Waals surface area (Å²) in [7, 11) is 0. The number of hydrogen-bond donors (Lipinski definition) is 13. The molecule has 0 saturated carbocycles. The van der Waals surface area contributed by atoms with E-state index in [4.69, 9.17) is 33.8 Å². The van der Waals surface area contributed by atoms with Crippen molar-refractivity contribution in [2.75, 3.05) is 19.7 Å². The van der Waals surface area contributed by atoms with Crippen LogP contribution in [-0.2, 0) is 33.6 Å². The molecule has 0 spiro atoms. The Morgan fingerprint density at radius 3 is 1.43 bits per heavy atom. The summed E-state index contributed by atoms with van der Waals surface area (Å²) < 4.78 is 0. The van der Waals surface area contributed by atoms with Crippen LogP contribution in [0.15, 0.2) is 9.98 Å². The monoisotopic (exact) mass is 771 g/mol. The van der Waals surface area contributed by atoms with E-state index >= 15 is 0 Å². The second-order valence-corrected chi connectivity index (χ2v) is 13.5. The topological polar surface area (TPSA) is 387 Å². The minimum absolute atomic E-state index is 0.00889. The number of aliphatic imine (C=N–C) groups is 2. The van der Waals surface area contributed by atoms with Gasteiger partial charge in [-0.05, 0) is 57.8 Å². The first kappa shape index (κ1) is 48.8. The van der Waals surface area contributed by atoms with Gasteiger partial charge in [0, 0.05) is 13.1 Å². The molecule has 0 unspecified atom stereocenters. The van der Waals surface area contributed by atoms with Crippen molar-refractivity contribution < 1.29 is 43.8 Å². The maximum Gasteiger partial charge on any atom is 0.325 e. The van der Waals surface area contributed by atoms with Gasteiger partial charge in [-0.2, -0.15) is 0 Å². The number of aliphatic carboxylic acids is 1. The van der Waals surface area contributed by atoms with Gasteiger partial charge < -0.3 is 70.8 Å². The fraction of sp³-hybridized carbons (Fsp3) is 0.719. The first-order chi connectivity index (χ1) is 25.1. The van der Waals surface area contributed by atoms with Crippen molar-refractivity contribution in [2.24, 2.45) is 50.5 Å². The van der Waals surface area contributed by atoms with Crippen LogP contribution in [0.2, 0.25) is 0 Å². The summed E-state index contributed by atoms with van der Waals surface area (Å²) in [5, 5.41) is 33.6. The number of amides is 6. The van der Waals surface area contributed by atoms with E-state index in [-0.39, 0.29) is 56.6 Å². The molecule has 22 nitrogen and oxygen atoms in total. The maximum atomic E-state index is 13.6. The van der Waals surface area contributed by atoms with Gasteiger partial charge in [-0.25, -0.2) is 0 Å². The quantitative estimate of drug-likeness (QED) is 0.0235. The molecule has 0 rings (SSSR count). The van der Waals surface area contributed by atoms with Crippen molar-refractivity contribution in [3.63, 3.8) is 0 Å². The number of hydrogen-bond acceptors (Lipinski definition) is 11. The molecule has 7 atom stereocenters. The smallest absolute Gasteiger partial charge is 0.325 e. The molecule has 0 saturated heterocycles. The van der Waals surface area contributed by atoms with Gasteiger partial charge in [-0.1, -0.05) is 27.7 Å². The molecular weight excluding hydrogens is 710 g/mol. The number of nitrogens with zero attached hydrogens (tertiary/aromatic N) is 2. The molecule has 18 N–H and O–H groups in total. The fourth-order valence-electron chi connectivity index (χ4n) is 4.73. The van der Waals surface area contributed by atoms with Crippen LogP contribution >= 0.6 is 0 Å². The summed E-state index contributed by atoms with van der Waals surface area (Å²) >= 11 is 0. The Bertz CT molecular complexity index is 1330. The summed E-state index contributed by atoms with van der Waals surface area (Å²) in [6, 6.07) is -8.66. The number of nitrogens with one attached hydrogen (secondary N) is 6. The molecule has 0 aliphatic heterocycles. The number of guanidine groups is 2. The molecule has 0 aromatic heterocycles. The van der Waals surface area contributed by atoms with Gasteiger partial charge in [0.05, 0.1) is 12.6 Å². The average Bonchev–Trinajstić information content (AvgIpc) is 3.07. The van der Waals surface area contributed by atoms with Crippen LogP contribution in [0.4, 0.5) is 0 Å². The molecule has 0 aromatic rings. The average molecular weight is 772 g/mol. The number of carbonyl (C=O) groups is 7. The zero-order valence-corrected chi connectivity index (χ0v) is 31.9. The number of aliphatic hydroxyl groups is 1. The lowest BCUT2D eigenvalue weighted by atomic mass is 10.0. The van der Waals surface area contributed by atoms with Gasteiger partial charge in [0.2, 0.25) is 35.4 Å². The number of aliphatic hydroxyl groups excluding tert-OH is 1. The fourth-order valence-corrected chi connectivity index (χ4v) is 4.73. The maximum absolute atomic E-state index is 13.6. The summed E-state index contributed by atoms with van der Waals surface area (Å²) in [5.41, 5.74) is 27.6. The van der Waals surface area contributed by atoms with Crippen molar-refractivity contribution in [2.45, 2.75) is 116 Å². The molecule has 0 bridgehead atoms. The highest BCUT2D eigenvalue weighted by Crippen LogP contribution is 2.08. The Morgan fingerprint density at radius 1 is 0.574 bits per heavy atom. The third kappa shape index (κ3) is 19.5. The van der Waals surface area contributed by atoms with Crippen molar-refractivity contribution in [1.82, 2.24) is 31.9 Å². The molecule has 308 valence electrons. The number of rotatable bonds is 25. The first-order valence-electron chi connectivity index (χ1n) is 17.6. The van der Waals surface area contributed by atoms with Gasteiger partial charge >= 0.3 is 5.97 Å². The molecule has 0 aliphatic rings. The summed E-state index contributed by atoms with van der Waals surface area (Å²) in [6.07, 6.45) is 0.901. The van der Waals surface area contributed by atoms with Crippen LogP contribution in [0.1, 0.15) is 73.6 Å². The van der Waals surface area contributed by atoms with E-state index in [9.17, 15) is 38.7 Å². The molecule has 0 heterocycles. The van der Waals surface area contributed by atoms with Gasteiger partial charge in [-0.15, -0.1) is 0 Å². The Labute approximate surface area is 315 Å². The molecule has 0 fully saturated rings. The van der Waals surface area contributed by atoms with Crippen LogP contribution in [0.3, 0.4) is 0 Å². The van der Waals surface area contributed by atoms with Crippen LogP contribution in [-0.4, -0.2) is 126 Å². The van der Waals surface area contributed by atoms with Crippen LogP contribution in [0.5, 0.6) is 0 Å². The lowest BCUT2D eigenvalue weighted by molar-refractivity contribution is -0.142. The minimum atomic E-state index is -1.57. The minimum Gasteiger partial charge on any atom is -0.480 e. The number of carboxylic acids is 1. The third-order valence-electron chi connectivity index (χ3n) is 7.76. The molecule has 0 aliphatic carbocycles. The van der Waals surface area contributed by atoms with Gasteiger partial charge in [-0.3, -0.25) is 43.5 Å². The van der Waals surface area contributed by atoms with Gasteiger partial charge in [0.25, 0.3) is 0 Å². The van der Waals surface area contributed by atoms with E-state index in [0.29, 0.717) is 6.42 Å². The Balaban J connectivity index is 5.96. The van der Waals surface area contributed by atoms with E-state index < -0.39 is 96.2 Å². The SMILES string of the molecule is CC(C)C[C@H](N)C(=O)N[C@H](CCCN=C(N)N)C(=O)N[C@H](CCCN=C(N)N)C(=O)N[C@H](C)C(=O)N[C@H](CO)C(=O)N[C@@H](C(=O)N[C@H](C)C(=O)O)C(C)C. The van der Waals surface area contributed by atoms with E-state index in [1.807, 2.05) is 13.8 Å². The first-order valence-corrected chi connectivity index (χ1v) is 17.6. The highest BCUT2D eigenvalue weighted by atomic mass is 16.4. The van der Waals surface area contributed by atoms with Crippen molar-refractivity contribution in [3.8, 4) is 0 Å². The van der Waals surface area contributed by atoms with Crippen molar-refractivity contribution in [1.29, 1.82) is 0 Å². The zero-order chi connectivity index (χ0) is 41.7. The van der Waals surface area contributed by atoms with Crippen LogP contribution in [0, 0.1) is 11.8 Å². The zero-order valence-electron chi connectivity index (χ0n) is 31.9. The third-order valence-corrected chi connectivity index (χ3v) is 7.76. The van der Waals surface area contributed by atoms with Crippen molar-refractivity contribution in [3.05, 3.63) is 0 Å². The molecule has 6 amide bonds. The molecule has 0 aromatic carbocycles. The van der Waals surface area contributed by atoms with E-state index in [0.717, 1.165) is 0 Å². The molecule has 54 heavy (non-hydrogen) atoms. The highest BCUT2D eigenvalue weighted by molar-refractivity contribution is 5.97. The van der Waals surface area contributed by atoms with Crippen LogP contribution < -0.4 is 60.6 Å². The van der Waals surface area contributed by atoms with Crippen molar-refractivity contribution >= 4 is 53.3 Å². The summed E-state index contributed by atoms with van der Waals surface area (Å²) in [4.78, 5) is 97.5. The van der Waals surface area contributed by atoms with E-state index in [1.54, 1.807) is 13.8 Å². The predicted molar refractivity (Wildman–Crippen MR) is 200 cm³/mol. The number of carboxylic acid groups (broad SMARTS) is 1. The van der Waals surface area contributed by atoms with E-state index in [2.05, 4.69) is 41.9 Å². The standard InChI is InChI=1S/C32H61N13O9/c1-15(2)13-19(33)25(48)42-21(10-8-12-39-32(36)37)27(50)43-20(9-7-11-38-31(34)35)26(49)40-17(5)24(47)44-22(14-46)28(51)45-23(16(3)4)29(52)41-18(6)30(53)54/h15-23,46H,7-14,33H2,1-6H3,(H,40,49)(H,41,52)(H,42,48)(H,43,50)(H,44,47)(H,45,51)(H,53,54)(H4,34,35,38)(H4,36,37,39)/t17-,18-,19+,20-,21-,22-,23-/m1/s1. The van der Waals surface area contributed by atoms with E-state index in [1.165, 1.54) is 13.8 Å². The molecule has 0 radical (unpaired) electrons. The lowest BCUT2D eigenvalue weighted by Crippen LogP contribution is -2.60. The second kappa shape index (κ2) is 24.9. The van der Waals surface area contributed by atoms with Crippen LogP contribution in [0.25, 0.3) is 0 Å². The van der Waals surface area contributed by atoms with Gasteiger partial charge in [0.15, 0.2) is 11.9 Å². The predicted octanol–water partition coefficient (Wildman–Crippen LogP) is -4.85. The Hall–Kier alpha value is -5.25. The lowest BCUT2D eigenvalue weighted by Gasteiger charge is -2.27. The molecular formula is C32H61N13O9.